The molecule has 0 aliphatic carbocycles. The Morgan fingerprint density at radius 1 is 0.833 bits per heavy atom. The zero-order valence-electron chi connectivity index (χ0n) is 16.7. The minimum absolute atomic E-state index is 0.0434. The molecule has 0 heterocycles. The third kappa shape index (κ3) is 13.8. The number of nitrogens with one attached hydrogen (secondary N) is 1. The Bertz CT molecular complexity index is 324. The van der Waals surface area contributed by atoms with Crippen molar-refractivity contribution in [3.05, 3.63) is 0 Å². The van der Waals surface area contributed by atoms with Crippen molar-refractivity contribution in [2.75, 3.05) is 46.2 Å². The van der Waals surface area contributed by atoms with E-state index in [0.717, 1.165) is 13.0 Å². The van der Waals surface area contributed by atoms with Gasteiger partial charge >= 0.3 is 0 Å². The van der Waals surface area contributed by atoms with Crippen molar-refractivity contribution in [3.8, 4) is 0 Å². The molecule has 1 N–H and O–H groups in total. The summed E-state index contributed by atoms with van der Waals surface area (Å²) in [5, 5.41) is 2.84. The predicted octanol–water partition coefficient (Wildman–Crippen LogP) is 3.41. The van der Waals surface area contributed by atoms with Crippen molar-refractivity contribution in [2.24, 2.45) is 10.8 Å². The van der Waals surface area contributed by atoms with Crippen molar-refractivity contribution in [1.82, 2.24) is 5.32 Å². The Kier molecular flexibility index (Phi) is 12.3. The van der Waals surface area contributed by atoms with E-state index < -0.39 is 0 Å². The number of carbonyl (C=O) groups is 1. The van der Waals surface area contributed by atoms with Crippen LogP contribution < -0.4 is 5.32 Å². The van der Waals surface area contributed by atoms with Crippen LogP contribution in [0.3, 0.4) is 0 Å². The Morgan fingerprint density at radius 2 is 1.33 bits per heavy atom. The van der Waals surface area contributed by atoms with Crippen molar-refractivity contribution < 1.29 is 19.0 Å². The molecule has 0 aliphatic heterocycles. The Balaban J connectivity index is 3.25. The Morgan fingerprint density at radius 3 is 1.83 bits per heavy atom. The van der Waals surface area contributed by atoms with Crippen molar-refractivity contribution in [1.29, 1.82) is 0 Å². The number of rotatable bonds is 14. The molecule has 1 amide bonds. The summed E-state index contributed by atoms with van der Waals surface area (Å²) in [4.78, 5) is 11.6. The molecule has 144 valence electrons. The molecule has 5 nitrogen and oxygen atoms in total. The van der Waals surface area contributed by atoms with Gasteiger partial charge in [0.25, 0.3) is 0 Å². The molecule has 5 heteroatoms. The quantitative estimate of drug-likeness (QED) is 0.490. The van der Waals surface area contributed by atoms with E-state index in [1.165, 1.54) is 12.8 Å². The fourth-order valence-corrected chi connectivity index (χ4v) is 1.87. The average Bonchev–Trinajstić information content (AvgIpc) is 2.50. The number of hydrogen-bond acceptors (Lipinski definition) is 4. The van der Waals surface area contributed by atoms with Gasteiger partial charge in [-0.3, -0.25) is 4.79 Å². The summed E-state index contributed by atoms with van der Waals surface area (Å²) >= 11 is 0. The molecule has 0 rings (SSSR count). The van der Waals surface area contributed by atoms with Crippen molar-refractivity contribution >= 4 is 5.91 Å². The lowest BCUT2D eigenvalue weighted by molar-refractivity contribution is -0.128. The van der Waals surface area contributed by atoms with E-state index in [2.05, 4.69) is 26.1 Å². The van der Waals surface area contributed by atoms with Crippen LogP contribution >= 0.6 is 0 Å². The summed E-state index contributed by atoms with van der Waals surface area (Å²) in [5.41, 5.74) is 0.0684. The molecule has 0 saturated carbocycles. The van der Waals surface area contributed by atoms with Crippen molar-refractivity contribution in [3.63, 3.8) is 0 Å². The second-order valence-electron chi connectivity index (χ2n) is 7.96. The first-order valence-electron chi connectivity index (χ1n) is 9.20. The summed E-state index contributed by atoms with van der Waals surface area (Å²) in [7, 11) is 0. The van der Waals surface area contributed by atoms with Gasteiger partial charge in [0, 0.05) is 18.6 Å². The van der Waals surface area contributed by atoms with Crippen LogP contribution in [0.5, 0.6) is 0 Å². The molecule has 0 radical (unpaired) electrons. The molecule has 24 heavy (non-hydrogen) atoms. The average molecular weight is 346 g/mol. The van der Waals surface area contributed by atoms with Gasteiger partial charge in [-0.2, -0.15) is 0 Å². The number of amides is 1. The maximum atomic E-state index is 11.6. The van der Waals surface area contributed by atoms with E-state index in [1.54, 1.807) is 0 Å². The molecule has 0 bridgehead atoms. The lowest BCUT2D eigenvalue weighted by Gasteiger charge is -2.22. The zero-order chi connectivity index (χ0) is 18.5. The van der Waals surface area contributed by atoms with Gasteiger partial charge in [-0.25, -0.2) is 0 Å². The highest BCUT2D eigenvalue weighted by Crippen LogP contribution is 2.25. The highest BCUT2D eigenvalue weighted by Gasteiger charge is 2.20. The first-order chi connectivity index (χ1) is 11.2. The molecular weight excluding hydrogens is 306 g/mol. The van der Waals surface area contributed by atoms with E-state index in [-0.39, 0.29) is 11.3 Å². The SMILES string of the molecule is CCC(C)(C)CCCOCCOCCOCCNC(=O)C(C)(C)C. The second-order valence-corrected chi connectivity index (χ2v) is 7.96. The van der Waals surface area contributed by atoms with Crippen LogP contribution in [0.1, 0.15) is 60.8 Å². The van der Waals surface area contributed by atoms with Gasteiger partial charge < -0.3 is 19.5 Å². The first-order valence-corrected chi connectivity index (χ1v) is 9.20. The monoisotopic (exact) mass is 345 g/mol. The van der Waals surface area contributed by atoms with E-state index in [9.17, 15) is 4.79 Å². The smallest absolute Gasteiger partial charge is 0.225 e. The molecule has 0 atom stereocenters. The highest BCUT2D eigenvalue weighted by atomic mass is 16.5. The first kappa shape index (κ1) is 23.4. The van der Waals surface area contributed by atoms with E-state index in [4.69, 9.17) is 14.2 Å². The largest absolute Gasteiger partial charge is 0.379 e. The third-order valence-electron chi connectivity index (χ3n) is 4.06. The fourth-order valence-electron chi connectivity index (χ4n) is 1.87. The lowest BCUT2D eigenvalue weighted by atomic mass is 9.85. The normalized spacial score (nSPS) is 12.4. The minimum Gasteiger partial charge on any atom is -0.379 e. The number of hydrogen-bond donors (Lipinski definition) is 1. The number of carbonyl (C=O) groups excluding carboxylic acids is 1. The van der Waals surface area contributed by atoms with Crippen LogP contribution in [0.2, 0.25) is 0 Å². The highest BCUT2D eigenvalue weighted by molar-refractivity contribution is 5.81. The molecule has 0 unspecified atom stereocenters. The second kappa shape index (κ2) is 12.7. The fraction of sp³-hybridized carbons (Fsp3) is 0.947. The van der Waals surface area contributed by atoms with Gasteiger partial charge in [0.15, 0.2) is 0 Å². The topological polar surface area (TPSA) is 56.8 Å². The molecule has 0 fully saturated rings. The van der Waals surface area contributed by atoms with Gasteiger partial charge in [-0.15, -0.1) is 0 Å². The predicted molar refractivity (Wildman–Crippen MR) is 98.2 cm³/mol. The minimum atomic E-state index is -0.352. The van der Waals surface area contributed by atoms with Crippen LogP contribution in [0.4, 0.5) is 0 Å². The Hall–Kier alpha value is -0.650. The van der Waals surface area contributed by atoms with E-state index in [1.807, 2.05) is 20.8 Å². The summed E-state index contributed by atoms with van der Waals surface area (Å²) in [6.07, 6.45) is 3.50. The molecule has 0 aliphatic rings. The number of ether oxygens (including phenoxy) is 3. The summed E-state index contributed by atoms with van der Waals surface area (Å²) in [6.45, 7) is 16.7. The van der Waals surface area contributed by atoms with E-state index >= 15 is 0 Å². The van der Waals surface area contributed by atoms with Gasteiger partial charge in [0.1, 0.15) is 0 Å². The zero-order valence-corrected chi connectivity index (χ0v) is 16.7. The lowest BCUT2D eigenvalue weighted by Crippen LogP contribution is -2.36. The van der Waals surface area contributed by atoms with Crippen LogP contribution in [0.25, 0.3) is 0 Å². The molecular formula is C19H39NO4. The summed E-state index contributed by atoms with van der Waals surface area (Å²) in [6, 6.07) is 0. The summed E-state index contributed by atoms with van der Waals surface area (Å²) in [5.74, 6) is 0.0434. The maximum Gasteiger partial charge on any atom is 0.225 e. The summed E-state index contributed by atoms with van der Waals surface area (Å²) < 4.78 is 16.4. The van der Waals surface area contributed by atoms with Gasteiger partial charge in [0.2, 0.25) is 5.91 Å². The van der Waals surface area contributed by atoms with E-state index in [0.29, 0.717) is 45.0 Å². The molecule has 0 saturated heterocycles. The van der Waals surface area contributed by atoms with Gasteiger partial charge in [-0.1, -0.05) is 48.0 Å². The Labute approximate surface area is 148 Å². The maximum absolute atomic E-state index is 11.6. The van der Waals surface area contributed by atoms with Crippen LogP contribution in [-0.4, -0.2) is 52.1 Å². The van der Waals surface area contributed by atoms with Gasteiger partial charge in [-0.05, 0) is 18.3 Å². The van der Waals surface area contributed by atoms with Crippen LogP contribution in [0, 0.1) is 10.8 Å². The molecule has 0 aromatic carbocycles. The van der Waals surface area contributed by atoms with Crippen molar-refractivity contribution in [2.45, 2.75) is 60.8 Å². The molecule has 0 aromatic rings. The third-order valence-corrected chi connectivity index (χ3v) is 4.06. The van der Waals surface area contributed by atoms with Gasteiger partial charge in [0.05, 0.1) is 33.0 Å². The standard InChI is InChI=1S/C19H39NO4/c1-7-19(5,6)9-8-11-22-13-15-24-16-14-23-12-10-20-17(21)18(2,3)4/h7-16H2,1-6H3,(H,20,21). The molecule has 0 aromatic heterocycles. The van der Waals surface area contributed by atoms with Crippen LogP contribution in [0.15, 0.2) is 0 Å². The van der Waals surface area contributed by atoms with Crippen LogP contribution in [-0.2, 0) is 19.0 Å². The molecule has 0 spiro atoms.